The van der Waals surface area contributed by atoms with Crippen molar-refractivity contribution in [1.82, 2.24) is 4.90 Å². The van der Waals surface area contributed by atoms with Gasteiger partial charge in [0.25, 0.3) is 5.91 Å². The summed E-state index contributed by atoms with van der Waals surface area (Å²) in [6.07, 6.45) is 0.234. The minimum Gasteiger partial charge on any atom is -0.368 e. The van der Waals surface area contributed by atoms with Gasteiger partial charge in [-0.2, -0.15) is 0 Å². The smallest absolute Gasteiger partial charge is 0.251 e. The van der Waals surface area contributed by atoms with E-state index in [1.165, 1.54) is 4.90 Å². The van der Waals surface area contributed by atoms with E-state index >= 15 is 0 Å². The van der Waals surface area contributed by atoms with Gasteiger partial charge in [0.1, 0.15) is 0 Å². The average Bonchev–Trinajstić information content (AvgIpc) is 2.96. The number of carbonyl (C=O) groups excluding carboxylic acids is 2. The number of amides is 2. The number of hydrogen-bond acceptors (Lipinski definition) is 4. The van der Waals surface area contributed by atoms with Crippen LogP contribution in [0.25, 0.3) is 0 Å². The molecule has 7 heteroatoms. The summed E-state index contributed by atoms with van der Waals surface area (Å²) in [6.45, 7) is 3.00. The van der Waals surface area contributed by atoms with E-state index in [0.29, 0.717) is 5.69 Å². The molecule has 2 aliphatic rings. The summed E-state index contributed by atoms with van der Waals surface area (Å²) in [7, 11) is 0. The summed E-state index contributed by atoms with van der Waals surface area (Å²) < 4.78 is 0.845. The highest BCUT2D eigenvalue weighted by Gasteiger charge is 2.43. The average molecular weight is 449 g/mol. The minimum atomic E-state index is -0.384. The second-order valence-corrected chi connectivity index (χ2v) is 8.06. The highest BCUT2D eigenvalue weighted by Crippen LogP contribution is 2.30. The van der Waals surface area contributed by atoms with Crippen LogP contribution in [0.15, 0.2) is 53.0 Å². The first-order valence-electron chi connectivity index (χ1n) is 8.90. The first-order valence-corrected chi connectivity index (χ1v) is 10.1. The molecule has 0 aromatic heterocycles. The van der Waals surface area contributed by atoms with Crippen LogP contribution in [0.2, 0.25) is 5.02 Å². The normalized spacial score (nSPS) is 21.2. The Kier molecular flexibility index (Phi) is 5.21. The molecule has 27 heavy (non-hydrogen) atoms. The van der Waals surface area contributed by atoms with Crippen LogP contribution in [0.5, 0.6) is 0 Å². The summed E-state index contributed by atoms with van der Waals surface area (Å²) in [5, 5.41) is 0.735. The van der Waals surface area contributed by atoms with Gasteiger partial charge in [0.05, 0.1) is 28.9 Å². The van der Waals surface area contributed by atoms with E-state index in [9.17, 15) is 9.59 Å². The van der Waals surface area contributed by atoms with Gasteiger partial charge >= 0.3 is 0 Å². The summed E-state index contributed by atoms with van der Waals surface area (Å²) in [6, 6.07) is 14.7. The van der Waals surface area contributed by atoms with Crippen LogP contribution < -0.4 is 9.80 Å². The second kappa shape index (κ2) is 7.62. The molecule has 2 aromatic carbocycles. The van der Waals surface area contributed by atoms with Crippen molar-refractivity contribution in [2.75, 3.05) is 36.0 Å². The third kappa shape index (κ3) is 3.61. The van der Waals surface area contributed by atoms with Crippen LogP contribution >= 0.6 is 27.5 Å². The zero-order chi connectivity index (χ0) is 19.0. The van der Waals surface area contributed by atoms with Crippen molar-refractivity contribution < 1.29 is 9.59 Å². The number of benzene rings is 2. The molecule has 2 saturated heterocycles. The third-order valence-corrected chi connectivity index (χ3v) is 5.95. The van der Waals surface area contributed by atoms with Gasteiger partial charge in [0.15, 0.2) is 0 Å². The summed E-state index contributed by atoms with van der Waals surface area (Å²) >= 11 is 9.70. The van der Waals surface area contributed by atoms with E-state index in [0.717, 1.165) is 41.4 Å². The Morgan fingerprint density at radius 3 is 2.41 bits per heavy atom. The Bertz CT molecular complexity index is 883. The molecular formula is C20H19BrClN3O2. The van der Waals surface area contributed by atoms with Gasteiger partial charge in [-0.15, -0.1) is 0 Å². The number of anilines is 2. The molecule has 2 amide bonds. The molecule has 140 valence electrons. The summed E-state index contributed by atoms with van der Waals surface area (Å²) in [4.78, 5) is 31.1. The maximum Gasteiger partial charge on any atom is 0.251 e. The zero-order valence-corrected chi connectivity index (χ0v) is 17.0. The SMILES string of the molecule is O=C1CC(N2CCN(c3ccccc3Cl)CC2)C(=O)N1c1cccc(Br)c1. The van der Waals surface area contributed by atoms with E-state index in [1.807, 2.05) is 36.4 Å². The number of carbonyl (C=O) groups is 2. The largest absolute Gasteiger partial charge is 0.368 e. The lowest BCUT2D eigenvalue weighted by Gasteiger charge is -2.38. The molecule has 0 bridgehead atoms. The molecule has 2 fully saturated rings. The third-order valence-electron chi connectivity index (χ3n) is 5.14. The minimum absolute atomic E-state index is 0.135. The number of imide groups is 1. The molecule has 4 rings (SSSR count). The zero-order valence-electron chi connectivity index (χ0n) is 14.6. The standard InChI is InChI=1S/C20H19BrClN3O2/c21-14-4-3-5-15(12-14)25-19(26)13-18(20(25)27)24-10-8-23(9-11-24)17-7-2-1-6-16(17)22/h1-7,12,18H,8-11,13H2. The van der Waals surface area contributed by atoms with Gasteiger partial charge in [-0.1, -0.05) is 45.7 Å². The fourth-order valence-corrected chi connectivity index (χ4v) is 4.41. The van der Waals surface area contributed by atoms with Gasteiger partial charge < -0.3 is 4.90 Å². The molecule has 2 aromatic rings. The Balaban J connectivity index is 1.45. The lowest BCUT2D eigenvalue weighted by molar-refractivity contribution is -0.123. The molecule has 0 radical (unpaired) electrons. The van der Waals surface area contributed by atoms with E-state index in [1.54, 1.807) is 12.1 Å². The molecule has 0 N–H and O–H groups in total. The Morgan fingerprint density at radius 2 is 1.70 bits per heavy atom. The van der Waals surface area contributed by atoms with Crippen LogP contribution in [-0.2, 0) is 9.59 Å². The maximum absolute atomic E-state index is 12.9. The summed E-state index contributed by atoms with van der Waals surface area (Å²) in [5.74, 6) is -0.277. The van der Waals surface area contributed by atoms with E-state index < -0.39 is 0 Å². The van der Waals surface area contributed by atoms with Crippen LogP contribution in [0.4, 0.5) is 11.4 Å². The molecule has 1 unspecified atom stereocenters. The van der Waals surface area contributed by atoms with Gasteiger partial charge in [-0.25, -0.2) is 4.90 Å². The fraction of sp³-hybridized carbons (Fsp3) is 0.300. The monoisotopic (exact) mass is 447 g/mol. The predicted octanol–water partition coefficient (Wildman–Crippen LogP) is 3.56. The Morgan fingerprint density at radius 1 is 0.963 bits per heavy atom. The molecule has 0 aliphatic carbocycles. The predicted molar refractivity (Wildman–Crippen MR) is 110 cm³/mol. The quantitative estimate of drug-likeness (QED) is 0.674. The Labute approximate surface area is 171 Å². The first kappa shape index (κ1) is 18.5. The summed E-state index contributed by atoms with van der Waals surface area (Å²) in [5.41, 5.74) is 1.64. The lowest BCUT2D eigenvalue weighted by Crippen LogP contribution is -2.52. The number of hydrogen-bond donors (Lipinski definition) is 0. The molecule has 2 aliphatic heterocycles. The van der Waals surface area contributed by atoms with Crippen molar-refractivity contribution in [3.8, 4) is 0 Å². The Hall–Kier alpha value is -1.89. The maximum atomic E-state index is 12.9. The number of para-hydroxylation sites is 1. The van der Waals surface area contributed by atoms with Crippen molar-refractivity contribution in [2.45, 2.75) is 12.5 Å². The van der Waals surface area contributed by atoms with Crippen LogP contribution in [0.1, 0.15) is 6.42 Å². The van der Waals surface area contributed by atoms with E-state index in [-0.39, 0.29) is 24.3 Å². The van der Waals surface area contributed by atoms with Gasteiger partial charge in [0, 0.05) is 30.7 Å². The highest BCUT2D eigenvalue weighted by atomic mass is 79.9. The second-order valence-electron chi connectivity index (χ2n) is 6.74. The molecule has 5 nitrogen and oxygen atoms in total. The lowest BCUT2D eigenvalue weighted by atomic mass is 10.1. The molecule has 0 spiro atoms. The van der Waals surface area contributed by atoms with Crippen molar-refractivity contribution in [1.29, 1.82) is 0 Å². The van der Waals surface area contributed by atoms with E-state index in [4.69, 9.17) is 11.6 Å². The van der Waals surface area contributed by atoms with Crippen LogP contribution in [-0.4, -0.2) is 48.9 Å². The highest BCUT2D eigenvalue weighted by molar-refractivity contribution is 9.10. The topological polar surface area (TPSA) is 43.9 Å². The fourth-order valence-electron chi connectivity index (χ4n) is 3.77. The molecule has 2 heterocycles. The number of piperazine rings is 1. The number of halogens is 2. The first-order chi connectivity index (χ1) is 13.0. The van der Waals surface area contributed by atoms with Crippen molar-refractivity contribution in [3.63, 3.8) is 0 Å². The van der Waals surface area contributed by atoms with Gasteiger partial charge in [0.2, 0.25) is 5.91 Å². The van der Waals surface area contributed by atoms with Crippen LogP contribution in [0, 0.1) is 0 Å². The van der Waals surface area contributed by atoms with Gasteiger partial charge in [-0.05, 0) is 30.3 Å². The van der Waals surface area contributed by atoms with Gasteiger partial charge in [-0.3, -0.25) is 14.5 Å². The van der Waals surface area contributed by atoms with Crippen molar-refractivity contribution in [3.05, 3.63) is 58.0 Å². The number of nitrogens with zero attached hydrogens (tertiary/aromatic N) is 3. The molecular weight excluding hydrogens is 430 g/mol. The molecule has 1 atom stereocenters. The van der Waals surface area contributed by atoms with Crippen molar-refractivity contribution >= 4 is 50.7 Å². The van der Waals surface area contributed by atoms with E-state index in [2.05, 4.69) is 25.7 Å². The van der Waals surface area contributed by atoms with Crippen molar-refractivity contribution in [2.24, 2.45) is 0 Å². The van der Waals surface area contributed by atoms with Crippen LogP contribution in [0.3, 0.4) is 0 Å². The number of rotatable bonds is 3. The molecule has 0 saturated carbocycles.